The maximum absolute atomic E-state index is 10.6. The molecule has 1 aromatic carbocycles. The van der Waals surface area contributed by atoms with Crippen LogP contribution >= 0.6 is 0 Å². The van der Waals surface area contributed by atoms with Crippen LogP contribution in [0.15, 0.2) is 29.4 Å². The van der Waals surface area contributed by atoms with Crippen LogP contribution in [0.25, 0.3) is 0 Å². The van der Waals surface area contributed by atoms with E-state index in [0.717, 1.165) is 0 Å². The van der Waals surface area contributed by atoms with Gasteiger partial charge in [-0.25, -0.2) is 0 Å². The van der Waals surface area contributed by atoms with Gasteiger partial charge in [0.25, 0.3) is 0 Å². The van der Waals surface area contributed by atoms with E-state index in [1.165, 1.54) is 7.11 Å². The van der Waals surface area contributed by atoms with Crippen molar-refractivity contribution < 1.29 is 19.5 Å². The van der Waals surface area contributed by atoms with Crippen molar-refractivity contribution in [3.63, 3.8) is 0 Å². The van der Waals surface area contributed by atoms with E-state index in [4.69, 9.17) is 9.84 Å². The molecule has 1 N–H and O–H groups in total. The number of aliphatic carboxylic acids is 1. The number of oxime groups is 1. The molecule has 0 atom stereocenters. The standard InChI is InChI=1S/C11H13NO4/c1-8(12-15-2)16-10-6-4-3-5-9(10)7-11(13)14/h3-6H,7H2,1-2H3,(H,13,14). The first-order valence-electron chi connectivity index (χ1n) is 4.68. The largest absolute Gasteiger partial charge is 0.481 e. The van der Waals surface area contributed by atoms with E-state index >= 15 is 0 Å². The molecule has 16 heavy (non-hydrogen) atoms. The SMILES string of the molecule is CON=C(C)Oc1ccccc1CC(=O)O. The van der Waals surface area contributed by atoms with Crippen molar-refractivity contribution in [1.82, 2.24) is 0 Å². The van der Waals surface area contributed by atoms with Crippen LogP contribution in [0.3, 0.4) is 0 Å². The Hall–Kier alpha value is -2.04. The normalized spacial score (nSPS) is 11.0. The van der Waals surface area contributed by atoms with Crippen molar-refractivity contribution in [1.29, 1.82) is 0 Å². The Morgan fingerprint density at radius 2 is 2.12 bits per heavy atom. The number of hydrogen-bond acceptors (Lipinski definition) is 4. The molecular weight excluding hydrogens is 210 g/mol. The number of benzene rings is 1. The molecule has 86 valence electrons. The zero-order valence-corrected chi connectivity index (χ0v) is 9.14. The van der Waals surface area contributed by atoms with Crippen LogP contribution in [0.4, 0.5) is 0 Å². The quantitative estimate of drug-likeness (QED) is 0.479. The number of carboxylic acid groups (broad SMARTS) is 1. The van der Waals surface area contributed by atoms with E-state index < -0.39 is 5.97 Å². The predicted molar refractivity (Wildman–Crippen MR) is 58.5 cm³/mol. The summed E-state index contributed by atoms with van der Waals surface area (Å²) in [6, 6.07) is 6.91. The van der Waals surface area contributed by atoms with Gasteiger partial charge in [0.2, 0.25) is 5.90 Å². The van der Waals surface area contributed by atoms with Crippen LogP contribution in [-0.2, 0) is 16.1 Å². The second kappa shape index (κ2) is 5.75. The number of rotatable bonds is 4. The summed E-state index contributed by atoms with van der Waals surface area (Å²) in [5.74, 6) is -0.110. The van der Waals surface area contributed by atoms with E-state index in [2.05, 4.69) is 9.99 Å². The molecule has 0 amide bonds. The highest BCUT2D eigenvalue weighted by molar-refractivity contribution is 5.77. The van der Waals surface area contributed by atoms with Crippen molar-refractivity contribution in [3.8, 4) is 5.75 Å². The summed E-state index contributed by atoms with van der Waals surface area (Å²) in [5, 5.41) is 12.3. The lowest BCUT2D eigenvalue weighted by Gasteiger charge is -2.08. The van der Waals surface area contributed by atoms with Gasteiger partial charge in [0, 0.05) is 12.5 Å². The molecule has 0 aliphatic carbocycles. The average molecular weight is 223 g/mol. The molecule has 0 unspecified atom stereocenters. The van der Waals surface area contributed by atoms with Gasteiger partial charge in [-0.15, -0.1) is 0 Å². The molecule has 0 fully saturated rings. The molecule has 1 rings (SSSR count). The molecule has 0 heterocycles. The van der Waals surface area contributed by atoms with Crippen LogP contribution in [-0.4, -0.2) is 24.1 Å². The molecule has 0 saturated heterocycles. The predicted octanol–water partition coefficient (Wildman–Crippen LogP) is 1.67. The van der Waals surface area contributed by atoms with Crippen LogP contribution < -0.4 is 4.74 Å². The van der Waals surface area contributed by atoms with Crippen molar-refractivity contribution >= 4 is 11.9 Å². The van der Waals surface area contributed by atoms with Crippen molar-refractivity contribution in [2.75, 3.05) is 7.11 Å². The molecule has 0 aliphatic rings. The Labute approximate surface area is 93.3 Å². The van der Waals surface area contributed by atoms with E-state index in [9.17, 15) is 4.79 Å². The van der Waals surface area contributed by atoms with E-state index in [-0.39, 0.29) is 6.42 Å². The summed E-state index contributed by atoms with van der Waals surface area (Å²) in [6.45, 7) is 1.63. The highest BCUT2D eigenvalue weighted by Gasteiger charge is 2.08. The molecule has 5 nitrogen and oxygen atoms in total. The summed E-state index contributed by atoms with van der Waals surface area (Å²) in [5.41, 5.74) is 0.598. The summed E-state index contributed by atoms with van der Waals surface area (Å²) in [4.78, 5) is 15.2. The summed E-state index contributed by atoms with van der Waals surface area (Å²) in [6.07, 6.45) is -0.0869. The molecule has 0 saturated carbocycles. The molecule has 0 aliphatic heterocycles. The lowest BCUT2D eigenvalue weighted by Crippen LogP contribution is -2.08. The smallest absolute Gasteiger partial charge is 0.307 e. The van der Waals surface area contributed by atoms with Gasteiger partial charge in [-0.1, -0.05) is 23.4 Å². The Kier molecular flexibility index (Phi) is 4.32. The minimum Gasteiger partial charge on any atom is -0.481 e. The highest BCUT2D eigenvalue weighted by atomic mass is 16.6. The van der Waals surface area contributed by atoms with E-state index in [1.54, 1.807) is 31.2 Å². The Morgan fingerprint density at radius 1 is 1.44 bits per heavy atom. The number of hydrogen-bond donors (Lipinski definition) is 1. The average Bonchev–Trinajstić information content (AvgIpc) is 2.20. The zero-order valence-electron chi connectivity index (χ0n) is 9.14. The van der Waals surface area contributed by atoms with Gasteiger partial charge in [0.1, 0.15) is 12.9 Å². The topological polar surface area (TPSA) is 68.1 Å². The fourth-order valence-corrected chi connectivity index (χ4v) is 1.22. The Bertz CT molecular complexity index is 401. The number of carbonyl (C=O) groups is 1. The molecule has 5 heteroatoms. The first kappa shape index (κ1) is 12.0. The Morgan fingerprint density at radius 3 is 2.75 bits per heavy atom. The minimum atomic E-state index is -0.905. The summed E-state index contributed by atoms with van der Waals surface area (Å²) < 4.78 is 5.35. The fraction of sp³-hybridized carbons (Fsp3) is 0.273. The second-order valence-electron chi connectivity index (χ2n) is 3.07. The number of para-hydroxylation sites is 1. The molecule has 1 aromatic rings. The molecule has 0 radical (unpaired) electrons. The molecule has 0 aromatic heterocycles. The van der Waals surface area contributed by atoms with E-state index in [1.807, 2.05) is 0 Å². The van der Waals surface area contributed by atoms with Crippen LogP contribution in [0, 0.1) is 0 Å². The summed E-state index contributed by atoms with van der Waals surface area (Å²) in [7, 11) is 1.41. The van der Waals surface area contributed by atoms with Gasteiger partial charge in [-0.2, -0.15) is 0 Å². The summed E-state index contributed by atoms with van der Waals surface area (Å²) >= 11 is 0. The number of nitrogens with zero attached hydrogens (tertiary/aromatic N) is 1. The maximum Gasteiger partial charge on any atom is 0.307 e. The van der Waals surface area contributed by atoms with Gasteiger partial charge >= 0.3 is 5.97 Å². The van der Waals surface area contributed by atoms with Crippen LogP contribution in [0.2, 0.25) is 0 Å². The third-order valence-electron chi connectivity index (χ3n) is 1.79. The first-order valence-corrected chi connectivity index (χ1v) is 4.68. The van der Waals surface area contributed by atoms with Crippen LogP contribution in [0.1, 0.15) is 12.5 Å². The second-order valence-corrected chi connectivity index (χ2v) is 3.07. The first-order chi connectivity index (χ1) is 7.63. The van der Waals surface area contributed by atoms with Crippen molar-refractivity contribution in [2.45, 2.75) is 13.3 Å². The minimum absolute atomic E-state index is 0.0869. The molecule has 0 spiro atoms. The van der Waals surface area contributed by atoms with Gasteiger partial charge < -0.3 is 14.7 Å². The molecule has 0 bridgehead atoms. The monoisotopic (exact) mass is 223 g/mol. The molecular formula is C11H13NO4. The van der Waals surface area contributed by atoms with Gasteiger partial charge in [0.15, 0.2) is 0 Å². The lowest BCUT2D eigenvalue weighted by molar-refractivity contribution is -0.136. The lowest BCUT2D eigenvalue weighted by atomic mass is 10.1. The van der Waals surface area contributed by atoms with Crippen LogP contribution in [0.5, 0.6) is 5.75 Å². The number of ether oxygens (including phenoxy) is 1. The maximum atomic E-state index is 10.6. The van der Waals surface area contributed by atoms with Crippen molar-refractivity contribution in [2.24, 2.45) is 5.16 Å². The van der Waals surface area contributed by atoms with Gasteiger partial charge in [-0.05, 0) is 6.07 Å². The zero-order chi connectivity index (χ0) is 12.0. The number of carboxylic acids is 1. The Balaban J connectivity index is 2.86. The van der Waals surface area contributed by atoms with Gasteiger partial charge in [-0.3, -0.25) is 4.79 Å². The third-order valence-corrected chi connectivity index (χ3v) is 1.79. The highest BCUT2D eigenvalue weighted by Crippen LogP contribution is 2.18. The third kappa shape index (κ3) is 3.61. The van der Waals surface area contributed by atoms with E-state index in [0.29, 0.717) is 17.2 Å². The van der Waals surface area contributed by atoms with Crippen molar-refractivity contribution in [3.05, 3.63) is 29.8 Å². The van der Waals surface area contributed by atoms with Gasteiger partial charge in [0.05, 0.1) is 6.42 Å². The fourth-order valence-electron chi connectivity index (χ4n) is 1.22.